The van der Waals surface area contributed by atoms with Crippen LogP contribution in [0.2, 0.25) is 0 Å². The number of hydrogen-bond donors (Lipinski definition) is 1. The first kappa shape index (κ1) is 13.6. The Labute approximate surface area is 114 Å². The largest absolute Gasteiger partial charge is 0.496 e. The number of nitrogens with zero attached hydrogens (tertiary/aromatic N) is 2. The second-order valence-corrected chi connectivity index (χ2v) is 4.89. The second-order valence-electron chi connectivity index (χ2n) is 4.89. The van der Waals surface area contributed by atoms with E-state index < -0.39 is 0 Å². The SMILES string of the molecule is COc1cc(C)cc(C)c1-c1c(CN)nn(C)c1C. The third kappa shape index (κ3) is 2.24. The van der Waals surface area contributed by atoms with Crippen LogP contribution >= 0.6 is 0 Å². The van der Waals surface area contributed by atoms with Crippen molar-refractivity contribution in [2.45, 2.75) is 27.3 Å². The van der Waals surface area contributed by atoms with Gasteiger partial charge in [-0.05, 0) is 38.0 Å². The Morgan fingerprint density at radius 1 is 1.21 bits per heavy atom. The molecule has 2 aromatic rings. The summed E-state index contributed by atoms with van der Waals surface area (Å²) < 4.78 is 7.42. The van der Waals surface area contributed by atoms with E-state index in [9.17, 15) is 0 Å². The molecule has 2 N–H and O–H groups in total. The van der Waals surface area contributed by atoms with Crippen LogP contribution in [0.4, 0.5) is 0 Å². The highest BCUT2D eigenvalue weighted by molar-refractivity contribution is 5.78. The van der Waals surface area contributed by atoms with Crippen molar-refractivity contribution in [3.8, 4) is 16.9 Å². The first-order valence-electron chi connectivity index (χ1n) is 6.37. The highest BCUT2D eigenvalue weighted by Crippen LogP contribution is 2.37. The van der Waals surface area contributed by atoms with Crippen molar-refractivity contribution < 1.29 is 4.74 Å². The quantitative estimate of drug-likeness (QED) is 0.921. The van der Waals surface area contributed by atoms with E-state index in [1.165, 1.54) is 11.1 Å². The normalized spacial score (nSPS) is 10.8. The number of benzene rings is 1. The number of aromatic nitrogens is 2. The summed E-state index contributed by atoms with van der Waals surface area (Å²) in [6, 6.07) is 4.21. The summed E-state index contributed by atoms with van der Waals surface area (Å²) in [6.07, 6.45) is 0. The van der Waals surface area contributed by atoms with Crippen LogP contribution in [0.25, 0.3) is 11.1 Å². The number of rotatable bonds is 3. The van der Waals surface area contributed by atoms with Crippen molar-refractivity contribution >= 4 is 0 Å². The van der Waals surface area contributed by atoms with Gasteiger partial charge in [-0.2, -0.15) is 5.10 Å². The van der Waals surface area contributed by atoms with Gasteiger partial charge in [-0.3, -0.25) is 4.68 Å². The monoisotopic (exact) mass is 259 g/mol. The molecule has 0 unspecified atom stereocenters. The van der Waals surface area contributed by atoms with E-state index in [-0.39, 0.29) is 0 Å². The Balaban J connectivity index is 2.78. The van der Waals surface area contributed by atoms with Crippen LogP contribution in [0.1, 0.15) is 22.5 Å². The van der Waals surface area contributed by atoms with Crippen LogP contribution in [0.15, 0.2) is 12.1 Å². The molecule has 4 nitrogen and oxygen atoms in total. The molecule has 0 aliphatic rings. The lowest BCUT2D eigenvalue weighted by Crippen LogP contribution is -2.01. The lowest BCUT2D eigenvalue weighted by molar-refractivity contribution is 0.416. The first-order chi connectivity index (χ1) is 8.99. The molecular weight excluding hydrogens is 238 g/mol. The molecule has 102 valence electrons. The van der Waals surface area contributed by atoms with Gasteiger partial charge < -0.3 is 10.5 Å². The van der Waals surface area contributed by atoms with Crippen molar-refractivity contribution in [1.82, 2.24) is 9.78 Å². The van der Waals surface area contributed by atoms with Crippen LogP contribution in [0.3, 0.4) is 0 Å². The third-order valence-electron chi connectivity index (χ3n) is 3.51. The lowest BCUT2D eigenvalue weighted by atomic mass is 9.95. The standard InChI is InChI=1S/C15H21N3O/c1-9-6-10(2)14(13(7-9)19-5)15-11(3)18(4)17-12(15)8-16/h6-7H,8,16H2,1-5H3. The molecular formula is C15H21N3O. The van der Waals surface area contributed by atoms with Crippen molar-refractivity contribution in [2.75, 3.05) is 7.11 Å². The predicted octanol–water partition coefficient (Wildman–Crippen LogP) is 2.48. The van der Waals surface area contributed by atoms with Gasteiger partial charge in [0.25, 0.3) is 0 Å². The molecule has 0 saturated carbocycles. The van der Waals surface area contributed by atoms with Gasteiger partial charge in [-0.1, -0.05) is 6.07 Å². The van der Waals surface area contributed by atoms with Crippen LogP contribution in [-0.4, -0.2) is 16.9 Å². The molecule has 0 saturated heterocycles. The lowest BCUT2D eigenvalue weighted by Gasteiger charge is -2.14. The van der Waals surface area contributed by atoms with E-state index in [1.54, 1.807) is 7.11 Å². The molecule has 1 aromatic carbocycles. The average Bonchev–Trinajstić information content (AvgIpc) is 2.65. The minimum atomic E-state index is 0.424. The van der Waals surface area contributed by atoms with E-state index in [2.05, 4.69) is 38.0 Å². The van der Waals surface area contributed by atoms with Crippen LogP contribution < -0.4 is 10.5 Å². The van der Waals surface area contributed by atoms with E-state index in [4.69, 9.17) is 10.5 Å². The highest BCUT2D eigenvalue weighted by Gasteiger charge is 2.19. The van der Waals surface area contributed by atoms with Gasteiger partial charge >= 0.3 is 0 Å². The number of hydrogen-bond acceptors (Lipinski definition) is 3. The molecule has 1 aromatic heterocycles. The first-order valence-corrected chi connectivity index (χ1v) is 6.37. The van der Waals surface area contributed by atoms with E-state index in [0.29, 0.717) is 6.54 Å². The third-order valence-corrected chi connectivity index (χ3v) is 3.51. The minimum Gasteiger partial charge on any atom is -0.496 e. The number of methoxy groups -OCH3 is 1. The van der Waals surface area contributed by atoms with Gasteiger partial charge in [-0.15, -0.1) is 0 Å². The summed E-state index contributed by atoms with van der Waals surface area (Å²) in [7, 11) is 3.64. The van der Waals surface area contributed by atoms with E-state index in [0.717, 1.165) is 28.3 Å². The molecule has 0 aliphatic carbocycles. The maximum atomic E-state index is 5.83. The smallest absolute Gasteiger partial charge is 0.127 e. The second kappa shape index (κ2) is 5.05. The molecule has 0 bridgehead atoms. The topological polar surface area (TPSA) is 53.1 Å². The fourth-order valence-corrected chi connectivity index (χ4v) is 2.55. The Kier molecular flexibility index (Phi) is 3.62. The molecule has 0 aliphatic heterocycles. The average molecular weight is 259 g/mol. The molecule has 4 heteroatoms. The van der Waals surface area contributed by atoms with Gasteiger partial charge in [0.2, 0.25) is 0 Å². The van der Waals surface area contributed by atoms with Crippen LogP contribution in [-0.2, 0) is 13.6 Å². The predicted molar refractivity (Wildman–Crippen MR) is 77.3 cm³/mol. The van der Waals surface area contributed by atoms with Gasteiger partial charge in [0.15, 0.2) is 0 Å². The van der Waals surface area contributed by atoms with Crippen molar-refractivity contribution in [2.24, 2.45) is 12.8 Å². The van der Waals surface area contributed by atoms with E-state index in [1.807, 2.05) is 11.7 Å². The number of ether oxygens (including phenoxy) is 1. The summed E-state index contributed by atoms with van der Waals surface area (Å²) in [4.78, 5) is 0. The maximum Gasteiger partial charge on any atom is 0.127 e. The van der Waals surface area contributed by atoms with Crippen molar-refractivity contribution in [3.05, 3.63) is 34.6 Å². The van der Waals surface area contributed by atoms with Crippen molar-refractivity contribution in [3.63, 3.8) is 0 Å². The fourth-order valence-electron chi connectivity index (χ4n) is 2.55. The van der Waals surface area contributed by atoms with Gasteiger partial charge in [-0.25, -0.2) is 0 Å². The fraction of sp³-hybridized carbons (Fsp3) is 0.400. The Morgan fingerprint density at radius 2 is 1.89 bits per heavy atom. The Morgan fingerprint density at radius 3 is 2.47 bits per heavy atom. The molecule has 1 heterocycles. The molecule has 0 spiro atoms. The summed E-state index contributed by atoms with van der Waals surface area (Å²) >= 11 is 0. The zero-order chi connectivity index (χ0) is 14.2. The maximum absolute atomic E-state index is 5.83. The van der Waals surface area contributed by atoms with Gasteiger partial charge in [0.05, 0.1) is 12.8 Å². The van der Waals surface area contributed by atoms with Crippen molar-refractivity contribution in [1.29, 1.82) is 0 Å². The summed E-state index contributed by atoms with van der Waals surface area (Å²) in [5, 5.41) is 4.48. The Hall–Kier alpha value is -1.81. The summed E-state index contributed by atoms with van der Waals surface area (Å²) in [6.45, 7) is 6.64. The van der Waals surface area contributed by atoms with E-state index >= 15 is 0 Å². The zero-order valence-electron chi connectivity index (χ0n) is 12.2. The van der Waals surface area contributed by atoms with Gasteiger partial charge in [0.1, 0.15) is 5.75 Å². The summed E-state index contributed by atoms with van der Waals surface area (Å²) in [5.74, 6) is 0.878. The molecule has 0 amide bonds. The van der Waals surface area contributed by atoms with Crippen LogP contribution in [0.5, 0.6) is 5.75 Å². The van der Waals surface area contributed by atoms with Crippen LogP contribution in [0, 0.1) is 20.8 Å². The summed E-state index contributed by atoms with van der Waals surface area (Å²) in [5.41, 5.74) is 12.4. The number of aryl methyl sites for hydroxylation is 3. The number of nitrogens with two attached hydrogens (primary N) is 1. The molecule has 0 fully saturated rings. The molecule has 0 atom stereocenters. The Bertz CT molecular complexity index is 614. The minimum absolute atomic E-state index is 0.424. The zero-order valence-corrected chi connectivity index (χ0v) is 12.2. The molecule has 0 radical (unpaired) electrons. The van der Waals surface area contributed by atoms with Gasteiger partial charge in [0, 0.05) is 30.4 Å². The molecule has 2 rings (SSSR count). The highest BCUT2D eigenvalue weighted by atomic mass is 16.5. The molecule has 19 heavy (non-hydrogen) atoms.